The van der Waals surface area contributed by atoms with Gasteiger partial charge in [0.05, 0.1) is 7.11 Å². The maximum atomic E-state index is 11.8. The van der Waals surface area contributed by atoms with Gasteiger partial charge in [0.15, 0.2) is 5.82 Å². The zero-order chi connectivity index (χ0) is 15.8. The van der Waals surface area contributed by atoms with Gasteiger partial charge in [-0.15, -0.1) is 0 Å². The van der Waals surface area contributed by atoms with Crippen molar-refractivity contribution in [2.45, 2.75) is 39.8 Å². The highest BCUT2D eigenvalue weighted by atomic mass is 35.5. The molecule has 0 saturated carbocycles. The van der Waals surface area contributed by atoms with E-state index < -0.39 is 6.04 Å². The summed E-state index contributed by atoms with van der Waals surface area (Å²) in [6.07, 6.45) is 0.634. The molecule has 1 atom stereocenters. The second-order valence-corrected chi connectivity index (χ2v) is 5.37. The summed E-state index contributed by atoms with van der Waals surface area (Å²) >= 11 is 5.97. The molecule has 1 heterocycles. The number of carbonyl (C=O) groups is 1. The quantitative estimate of drug-likeness (QED) is 0.587. The summed E-state index contributed by atoms with van der Waals surface area (Å²) in [5.41, 5.74) is 0. The maximum absolute atomic E-state index is 11.8. The van der Waals surface area contributed by atoms with Crippen molar-refractivity contribution in [3.05, 3.63) is 17.0 Å². The van der Waals surface area contributed by atoms with Crippen LogP contribution < -0.4 is 5.32 Å². The molecule has 0 saturated heterocycles. The zero-order valence-electron chi connectivity index (χ0n) is 12.9. The molecule has 0 radical (unpaired) electrons. The minimum absolute atomic E-state index is 0.277. The number of anilines is 1. The van der Waals surface area contributed by atoms with Gasteiger partial charge in [-0.25, -0.2) is 14.8 Å². The van der Waals surface area contributed by atoms with Crippen LogP contribution in [0.5, 0.6) is 0 Å². The Labute approximate surface area is 130 Å². The molecule has 0 amide bonds. The Morgan fingerprint density at radius 1 is 1.43 bits per heavy atom. The number of aromatic nitrogens is 2. The fraction of sp³-hybridized carbons (Fsp3) is 0.643. The third-order valence-electron chi connectivity index (χ3n) is 2.69. The van der Waals surface area contributed by atoms with Crippen LogP contribution in [0.3, 0.4) is 0 Å². The molecule has 1 N–H and O–H groups in total. The van der Waals surface area contributed by atoms with Gasteiger partial charge in [-0.3, -0.25) is 0 Å². The molecule has 0 fully saturated rings. The average Bonchev–Trinajstić information content (AvgIpc) is 2.42. The number of hydrogen-bond donors (Lipinski definition) is 1. The largest absolute Gasteiger partial charge is 0.467 e. The fourth-order valence-electron chi connectivity index (χ4n) is 1.80. The van der Waals surface area contributed by atoms with Crippen LogP contribution in [-0.2, 0) is 20.9 Å². The van der Waals surface area contributed by atoms with Crippen LogP contribution in [-0.4, -0.2) is 35.7 Å². The highest BCUT2D eigenvalue weighted by molar-refractivity contribution is 6.29. The third kappa shape index (κ3) is 6.27. The van der Waals surface area contributed by atoms with Crippen molar-refractivity contribution in [2.75, 3.05) is 19.0 Å². The predicted octanol–water partition coefficient (Wildman–Crippen LogP) is 2.67. The number of nitrogens with one attached hydrogen (secondary N) is 1. The molecule has 0 aliphatic rings. The fourth-order valence-corrected chi connectivity index (χ4v) is 2.00. The third-order valence-corrected chi connectivity index (χ3v) is 2.89. The van der Waals surface area contributed by atoms with Gasteiger partial charge in [0.1, 0.15) is 23.6 Å². The van der Waals surface area contributed by atoms with Crippen LogP contribution in [0.15, 0.2) is 6.07 Å². The Balaban J connectivity index is 2.86. The monoisotopic (exact) mass is 315 g/mol. The molecule has 0 aromatic carbocycles. The van der Waals surface area contributed by atoms with Gasteiger partial charge >= 0.3 is 5.97 Å². The highest BCUT2D eigenvalue weighted by Gasteiger charge is 2.21. The van der Waals surface area contributed by atoms with Crippen molar-refractivity contribution in [3.63, 3.8) is 0 Å². The SMILES string of the molecule is CCOCc1nc(Cl)cc(NC(CC(C)C)C(=O)OC)n1. The number of hydrogen-bond acceptors (Lipinski definition) is 6. The van der Waals surface area contributed by atoms with Crippen LogP contribution in [0.4, 0.5) is 5.82 Å². The summed E-state index contributed by atoms with van der Waals surface area (Å²) in [5.74, 6) is 0.965. The first kappa shape index (κ1) is 17.7. The summed E-state index contributed by atoms with van der Waals surface area (Å²) < 4.78 is 10.1. The molecule has 1 rings (SSSR count). The molecule has 21 heavy (non-hydrogen) atoms. The molecule has 0 aliphatic carbocycles. The molecular weight excluding hydrogens is 294 g/mol. The Hall–Kier alpha value is -1.40. The molecule has 0 spiro atoms. The molecule has 1 aromatic rings. The smallest absolute Gasteiger partial charge is 0.328 e. The number of halogens is 1. The Kier molecular flexibility index (Phi) is 7.39. The normalized spacial score (nSPS) is 12.3. The lowest BCUT2D eigenvalue weighted by atomic mass is 10.0. The number of nitrogens with zero attached hydrogens (tertiary/aromatic N) is 2. The minimum Gasteiger partial charge on any atom is -0.467 e. The van der Waals surface area contributed by atoms with E-state index in [1.54, 1.807) is 6.07 Å². The van der Waals surface area contributed by atoms with Gasteiger partial charge < -0.3 is 14.8 Å². The first-order valence-electron chi connectivity index (χ1n) is 6.91. The van der Waals surface area contributed by atoms with E-state index in [0.29, 0.717) is 35.7 Å². The van der Waals surface area contributed by atoms with Crippen molar-refractivity contribution >= 4 is 23.4 Å². The highest BCUT2D eigenvalue weighted by Crippen LogP contribution is 2.16. The first-order chi connectivity index (χ1) is 9.96. The van der Waals surface area contributed by atoms with Crippen LogP contribution in [0.2, 0.25) is 5.15 Å². The van der Waals surface area contributed by atoms with Crippen molar-refractivity contribution in [3.8, 4) is 0 Å². The Morgan fingerprint density at radius 3 is 2.71 bits per heavy atom. The Bertz CT molecular complexity index is 469. The predicted molar refractivity (Wildman–Crippen MR) is 81.3 cm³/mol. The number of rotatable bonds is 8. The molecule has 7 heteroatoms. The standard InChI is InChI=1S/C14H22ClN3O3/c1-5-21-8-13-17-11(15)7-12(18-13)16-10(6-9(2)3)14(19)20-4/h7,9-10H,5-6,8H2,1-4H3,(H,16,17,18). The minimum atomic E-state index is -0.471. The van der Waals surface area contributed by atoms with E-state index >= 15 is 0 Å². The molecule has 0 bridgehead atoms. The molecule has 1 unspecified atom stereocenters. The molecule has 118 valence electrons. The van der Waals surface area contributed by atoms with Crippen molar-refractivity contribution in [1.29, 1.82) is 0 Å². The lowest BCUT2D eigenvalue weighted by molar-refractivity contribution is -0.141. The van der Waals surface area contributed by atoms with Crippen molar-refractivity contribution in [2.24, 2.45) is 5.92 Å². The topological polar surface area (TPSA) is 73.3 Å². The van der Waals surface area contributed by atoms with E-state index in [4.69, 9.17) is 21.1 Å². The molecule has 1 aromatic heterocycles. The van der Waals surface area contributed by atoms with Crippen molar-refractivity contribution < 1.29 is 14.3 Å². The average molecular weight is 316 g/mol. The van der Waals surface area contributed by atoms with Gasteiger partial charge in [-0.2, -0.15) is 0 Å². The number of esters is 1. The summed E-state index contributed by atoms with van der Waals surface area (Å²) in [7, 11) is 1.37. The Morgan fingerprint density at radius 2 is 2.14 bits per heavy atom. The lowest BCUT2D eigenvalue weighted by Gasteiger charge is -2.19. The van der Waals surface area contributed by atoms with Crippen LogP contribution in [0.25, 0.3) is 0 Å². The van der Waals surface area contributed by atoms with Gasteiger partial charge in [-0.1, -0.05) is 25.4 Å². The molecule has 0 aliphatic heterocycles. The van der Waals surface area contributed by atoms with Crippen LogP contribution in [0.1, 0.15) is 33.0 Å². The summed E-state index contributed by atoms with van der Waals surface area (Å²) in [6, 6.07) is 1.11. The zero-order valence-corrected chi connectivity index (χ0v) is 13.6. The van der Waals surface area contributed by atoms with E-state index in [0.717, 1.165) is 0 Å². The maximum Gasteiger partial charge on any atom is 0.328 e. The van der Waals surface area contributed by atoms with E-state index in [9.17, 15) is 4.79 Å². The van der Waals surface area contributed by atoms with E-state index in [-0.39, 0.29) is 12.6 Å². The number of methoxy groups -OCH3 is 1. The lowest BCUT2D eigenvalue weighted by Crippen LogP contribution is -2.32. The summed E-state index contributed by atoms with van der Waals surface area (Å²) in [4.78, 5) is 20.2. The summed E-state index contributed by atoms with van der Waals surface area (Å²) in [5, 5.41) is 3.35. The van der Waals surface area contributed by atoms with Crippen molar-refractivity contribution in [1.82, 2.24) is 9.97 Å². The van der Waals surface area contributed by atoms with Crippen LogP contribution >= 0.6 is 11.6 Å². The van der Waals surface area contributed by atoms with Gasteiger partial charge in [0.25, 0.3) is 0 Å². The van der Waals surface area contributed by atoms with E-state index in [1.165, 1.54) is 7.11 Å². The first-order valence-corrected chi connectivity index (χ1v) is 7.29. The molecular formula is C14H22ClN3O3. The summed E-state index contributed by atoms with van der Waals surface area (Å²) in [6.45, 7) is 6.80. The van der Waals surface area contributed by atoms with Gasteiger partial charge in [0, 0.05) is 12.7 Å². The van der Waals surface area contributed by atoms with Gasteiger partial charge in [-0.05, 0) is 19.3 Å². The van der Waals surface area contributed by atoms with Crippen LogP contribution in [0, 0.1) is 5.92 Å². The second-order valence-electron chi connectivity index (χ2n) is 4.98. The molecule has 6 nitrogen and oxygen atoms in total. The van der Waals surface area contributed by atoms with E-state index in [1.807, 2.05) is 20.8 Å². The number of ether oxygens (including phenoxy) is 2. The number of carbonyl (C=O) groups excluding carboxylic acids is 1. The van der Waals surface area contributed by atoms with E-state index in [2.05, 4.69) is 15.3 Å². The van der Waals surface area contributed by atoms with Gasteiger partial charge in [0.2, 0.25) is 0 Å². The second kappa shape index (κ2) is 8.79.